The van der Waals surface area contributed by atoms with E-state index >= 15 is 0 Å². The first-order valence-electron chi connectivity index (χ1n) is 7.85. The maximum atomic E-state index is 12.9. The fraction of sp³-hybridized carbons (Fsp3) is 0.533. The summed E-state index contributed by atoms with van der Waals surface area (Å²) >= 11 is 11.9. The lowest BCUT2D eigenvalue weighted by Crippen LogP contribution is -2.57. The number of hydrogen-bond donors (Lipinski definition) is 1. The minimum atomic E-state index is -3.71. The number of carbonyl (C=O) groups excluding carboxylic acids is 1. The van der Waals surface area contributed by atoms with Gasteiger partial charge in [-0.15, -0.1) is 12.4 Å². The molecule has 0 aromatic heterocycles. The number of nitrogens with zero attached hydrogens (tertiary/aromatic N) is 2. The average molecular weight is 429 g/mol. The molecule has 2 aliphatic heterocycles. The summed E-state index contributed by atoms with van der Waals surface area (Å²) in [6.07, 6.45) is 1.53. The Hall–Kier alpha value is -0.570. The average Bonchev–Trinajstić information content (AvgIpc) is 2.55. The number of amides is 1. The third-order valence-corrected chi connectivity index (χ3v) is 7.02. The van der Waals surface area contributed by atoms with E-state index in [0.29, 0.717) is 37.6 Å². The fourth-order valence-corrected chi connectivity index (χ4v) is 5.49. The molecule has 25 heavy (non-hydrogen) atoms. The van der Waals surface area contributed by atoms with Crippen molar-refractivity contribution in [2.24, 2.45) is 0 Å². The number of carbonyl (C=O) groups is 1. The molecule has 1 atom stereocenters. The van der Waals surface area contributed by atoms with Gasteiger partial charge < -0.3 is 10.2 Å². The van der Waals surface area contributed by atoms with E-state index in [4.69, 9.17) is 23.2 Å². The largest absolute Gasteiger partial charge is 0.336 e. The summed E-state index contributed by atoms with van der Waals surface area (Å²) in [6.45, 7) is 2.38. The third kappa shape index (κ3) is 4.40. The van der Waals surface area contributed by atoms with Crippen LogP contribution in [0.5, 0.6) is 0 Å². The molecule has 1 N–H and O–H groups in total. The molecule has 2 fully saturated rings. The van der Waals surface area contributed by atoms with E-state index in [2.05, 4.69) is 5.32 Å². The van der Waals surface area contributed by atoms with Gasteiger partial charge in [-0.1, -0.05) is 23.2 Å². The van der Waals surface area contributed by atoms with Crippen LogP contribution in [0.1, 0.15) is 12.8 Å². The van der Waals surface area contributed by atoms with Crippen LogP contribution in [0.3, 0.4) is 0 Å². The number of rotatable bonds is 3. The summed E-state index contributed by atoms with van der Waals surface area (Å²) in [6, 6.07) is 4.28. The fourth-order valence-electron chi connectivity index (χ4n) is 3.22. The van der Waals surface area contributed by atoms with E-state index in [1.807, 2.05) is 0 Å². The molecule has 2 saturated heterocycles. The van der Waals surface area contributed by atoms with Crippen LogP contribution in [0.4, 0.5) is 0 Å². The highest BCUT2D eigenvalue weighted by Crippen LogP contribution is 2.30. The van der Waals surface area contributed by atoms with Crippen LogP contribution in [0.2, 0.25) is 10.0 Å². The van der Waals surface area contributed by atoms with Crippen LogP contribution in [0.15, 0.2) is 23.1 Å². The van der Waals surface area contributed by atoms with Crippen molar-refractivity contribution in [3.05, 3.63) is 28.2 Å². The molecule has 1 aromatic carbocycles. The van der Waals surface area contributed by atoms with Crippen molar-refractivity contribution >= 4 is 51.5 Å². The lowest BCUT2D eigenvalue weighted by atomic mass is 10.1. The summed E-state index contributed by atoms with van der Waals surface area (Å²) in [5.74, 6) is 0.0232. The van der Waals surface area contributed by atoms with Crippen LogP contribution in [-0.4, -0.2) is 62.3 Å². The molecule has 0 saturated carbocycles. The first kappa shape index (κ1) is 20.7. The minimum Gasteiger partial charge on any atom is -0.336 e. The number of piperidine rings is 1. The molecule has 140 valence electrons. The van der Waals surface area contributed by atoms with Crippen molar-refractivity contribution in [3.63, 3.8) is 0 Å². The Balaban J connectivity index is 0.00000225. The summed E-state index contributed by atoms with van der Waals surface area (Å²) < 4.78 is 27.2. The molecule has 2 aliphatic rings. The van der Waals surface area contributed by atoms with Gasteiger partial charge in [0, 0.05) is 37.2 Å². The summed E-state index contributed by atoms with van der Waals surface area (Å²) in [5.41, 5.74) is 0. The minimum absolute atomic E-state index is 0. The molecule has 3 rings (SSSR count). The zero-order valence-corrected chi connectivity index (χ0v) is 16.6. The Morgan fingerprint density at radius 3 is 2.64 bits per heavy atom. The highest BCUT2D eigenvalue weighted by Gasteiger charge is 2.35. The van der Waals surface area contributed by atoms with Crippen LogP contribution >= 0.6 is 35.6 Å². The predicted octanol–water partition coefficient (Wildman–Crippen LogP) is 2.00. The maximum absolute atomic E-state index is 12.9. The number of piperazine rings is 1. The smallest absolute Gasteiger partial charge is 0.244 e. The highest BCUT2D eigenvalue weighted by molar-refractivity contribution is 7.89. The van der Waals surface area contributed by atoms with Crippen LogP contribution in [0.25, 0.3) is 0 Å². The lowest BCUT2D eigenvalue weighted by molar-refractivity contribution is -0.135. The van der Waals surface area contributed by atoms with Gasteiger partial charge in [-0.2, -0.15) is 4.31 Å². The Morgan fingerprint density at radius 1 is 1.20 bits per heavy atom. The van der Waals surface area contributed by atoms with Gasteiger partial charge in [0.05, 0.1) is 11.6 Å². The first-order valence-corrected chi connectivity index (χ1v) is 10.0. The summed E-state index contributed by atoms with van der Waals surface area (Å²) in [7, 11) is -3.71. The van der Waals surface area contributed by atoms with Gasteiger partial charge in [-0.25, -0.2) is 8.42 Å². The normalized spacial score (nSPS) is 22.6. The number of sulfonamides is 1. The van der Waals surface area contributed by atoms with Crippen molar-refractivity contribution in [2.75, 3.05) is 32.7 Å². The van der Waals surface area contributed by atoms with Crippen molar-refractivity contribution < 1.29 is 13.2 Å². The molecule has 6 nitrogen and oxygen atoms in total. The second kappa shape index (κ2) is 8.41. The van der Waals surface area contributed by atoms with Gasteiger partial charge in [0.2, 0.25) is 15.9 Å². The molecule has 1 aromatic rings. The number of hydrogen-bond acceptors (Lipinski definition) is 4. The molecule has 0 aliphatic carbocycles. The standard InChI is InChI=1S/C15H19Cl2N3O3S.ClH/c16-11-3-4-14(13(17)8-11)24(22,23)19-6-1-2-12(10-19)20-7-5-18-9-15(20)21;/h3-4,8,12,18H,1-2,5-7,9-10H2;1H. The van der Waals surface area contributed by atoms with Gasteiger partial charge in [-0.3, -0.25) is 4.79 Å². The van der Waals surface area contributed by atoms with Gasteiger partial charge in [-0.05, 0) is 31.0 Å². The van der Waals surface area contributed by atoms with Crippen molar-refractivity contribution in [2.45, 2.75) is 23.8 Å². The number of halogens is 3. The molecular formula is C15H20Cl3N3O3S. The van der Waals surface area contributed by atoms with Crippen LogP contribution in [0, 0.1) is 0 Å². The zero-order valence-electron chi connectivity index (χ0n) is 13.5. The van der Waals surface area contributed by atoms with Crippen LogP contribution in [-0.2, 0) is 14.8 Å². The molecule has 1 amide bonds. The highest BCUT2D eigenvalue weighted by atomic mass is 35.5. The Kier molecular flexibility index (Phi) is 6.98. The Morgan fingerprint density at radius 2 is 1.96 bits per heavy atom. The van der Waals surface area contributed by atoms with Gasteiger partial charge >= 0.3 is 0 Å². The van der Waals surface area contributed by atoms with Crippen molar-refractivity contribution in [3.8, 4) is 0 Å². The van der Waals surface area contributed by atoms with E-state index in [9.17, 15) is 13.2 Å². The summed E-state index contributed by atoms with van der Waals surface area (Å²) in [4.78, 5) is 13.9. The van der Waals surface area contributed by atoms with E-state index in [-0.39, 0.29) is 34.3 Å². The SMILES string of the molecule is Cl.O=C1CNCCN1C1CCCN(S(=O)(=O)c2ccc(Cl)cc2Cl)C1. The van der Waals surface area contributed by atoms with E-state index in [1.54, 1.807) is 4.90 Å². The second-order valence-corrected chi connectivity index (χ2v) is 8.75. The molecule has 0 spiro atoms. The quantitative estimate of drug-likeness (QED) is 0.799. The zero-order chi connectivity index (χ0) is 17.3. The topological polar surface area (TPSA) is 69.7 Å². The van der Waals surface area contributed by atoms with Gasteiger partial charge in [0.15, 0.2) is 0 Å². The lowest BCUT2D eigenvalue weighted by Gasteiger charge is -2.40. The Bertz CT molecular complexity index is 745. The Labute approximate surface area is 163 Å². The maximum Gasteiger partial charge on any atom is 0.244 e. The van der Waals surface area contributed by atoms with E-state index in [1.165, 1.54) is 22.5 Å². The van der Waals surface area contributed by atoms with Crippen LogP contribution < -0.4 is 5.32 Å². The molecule has 0 radical (unpaired) electrons. The molecule has 2 heterocycles. The first-order chi connectivity index (χ1) is 11.4. The molecular weight excluding hydrogens is 409 g/mol. The van der Waals surface area contributed by atoms with Gasteiger partial charge in [0.1, 0.15) is 4.90 Å². The monoisotopic (exact) mass is 427 g/mol. The van der Waals surface area contributed by atoms with E-state index in [0.717, 1.165) is 13.0 Å². The number of nitrogens with one attached hydrogen (secondary N) is 1. The molecule has 10 heteroatoms. The number of benzene rings is 1. The van der Waals surface area contributed by atoms with E-state index < -0.39 is 10.0 Å². The molecule has 0 bridgehead atoms. The molecule has 1 unspecified atom stereocenters. The second-order valence-electron chi connectivity index (χ2n) is 6.00. The van der Waals surface area contributed by atoms with Gasteiger partial charge in [0.25, 0.3) is 0 Å². The third-order valence-electron chi connectivity index (χ3n) is 4.44. The van der Waals surface area contributed by atoms with Crippen molar-refractivity contribution in [1.82, 2.24) is 14.5 Å². The van der Waals surface area contributed by atoms with Crippen molar-refractivity contribution in [1.29, 1.82) is 0 Å². The summed E-state index contributed by atoms with van der Waals surface area (Å²) in [5, 5.41) is 3.54. The predicted molar refractivity (Wildman–Crippen MR) is 100 cm³/mol.